The van der Waals surface area contributed by atoms with Crippen molar-refractivity contribution < 1.29 is 4.42 Å². The second kappa shape index (κ2) is 6.36. The number of hydrogen-bond donors (Lipinski definition) is 2. The maximum atomic E-state index is 5.92. The molecule has 2 aromatic rings. The molecule has 2 N–H and O–H groups in total. The number of hydrogen-bond acceptors (Lipinski definition) is 5. The highest BCUT2D eigenvalue weighted by Gasteiger charge is 2.07. The summed E-state index contributed by atoms with van der Waals surface area (Å²) in [5.41, 5.74) is 0.822. The third-order valence-corrected chi connectivity index (χ3v) is 3.51. The van der Waals surface area contributed by atoms with Crippen LogP contribution in [0.3, 0.4) is 0 Å². The van der Waals surface area contributed by atoms with E-state index in [1.807, 2.05) is 12.1 Å². The summed E-state index contributed by atoms with van der Waals surface area (Å²) in [5, 5.41) is 14.8. The van der Waals surface area contributed by atoms with E-state index in [9.17, 15) is 0 Å². The van der Waals surface area contributed by atoms with Crippen molar-refractivity contribution in [2.45, 2.75) is 26.4 Å². The minimum Gasteiger partial charge on any atom is -0.406 e. The lowest BCUT2D eigenvalue weighted by atomic mass is 10.3. The lowest BCUT2D eigenvalue weighted by molar-refractivity contribution is 0.460. The Kier molecular flexibility index (Phi) is 4.79. The molecule has 0 bridgehead atoms. The monoisotopic (exact) mass is 344 g/mol. The van der Waals surface area contributed by atoms with Crippen LogP contribution >= 0.6 is 27.5 Å². The quantitative estimate of drug-likeness (QED) is 0.864. The minimum absolute atomic E-state index is 0.356. The molecule has 0 saturated heterocycles. The molecular weight excluding hydrogens is 332 g/mol. The van der Waals surface area contributed by atoms with Crippen LogP contribution in [0.5, 0.6) is 0 Å². The molecule has 1 aromatic heterocycles. The lowest BCUT2D eigenvalue weighted by Gasteiger charge is -2.04. The summed E-state index contributed by atoms with van der Waals surface area (Å²) in [5.74, 6) is 0.546. The fraction of sp³-hybridized carbons (Fsp3) is 0.333. The molecule has 5 nitrogen and oxygen atoms in total. The fourth-order valence-corrected chi connectivity index (χ4v) is 1.86. The van der Waals surface area contributed by atoms with Gasteiger partial charge in [0.25, 0.3) is 0 Å². The van der Waals surface area contributed by atoms with Gasteiger partial charge in [-0.05, 0) is 34.1 Å². The van der Waals surface area contributed by atoms with E-state index in [1.54, 1.807) is 6.07 Å². The van der Waals surface area contributed by atoms with Gasteiger partial charge in [0.1, 0.15) is 0 Å². The summed E-state index contributed by atoms with van der Waals surface area (Å²) in [7, 11) is 0. The van der Waals surface area contributed by atoms with Crippen molar-refractivity contribution in [1.82, 2.24) is 15.5 Å². The van der Waals surface area contributed by atoms with Crippen molar-refractivity contribution in [3.63, 3.8) is 0 Å². The Bertz CT molecular complexity index is 558. The van der Waals surface area contributed by atoms with Crippen LogP contribution in [0.2, 0.25) is 5.02 Å². The highest BCUT2D eigenvalue weighted by molar-refractivity contribution is 9.10. The third kappa shape index (κ3) is 4.19. The van der Waals surface area contributed by atoms with Gasteiger partial charge in [0.15, 0.2) is 0 Å². The first kappa shape index (κ1) is 14.3. The molecule has 0 aliphatic heterocycles. The van der Waals surface area contributed by atoms with Gasteiger partial charge in [-0.25, -0.2) is 0 Å². The molecule has 7 heteroatoms. The molecule has 1 heterocycles. The summed E-state index contributed by atoms with van der Waals surface area (Å²) in [6.07, 6.45) is 0. The second-order valence-electron chi connectivity index (χ2n) is 4.29. The topological polar surface area (TPSA) is 63.0 Å². The molecule has 102 valence electrons. The Labute approximate surface area is 124 Å². The molecule has 0 unspecified atom stereocenters. The van der Waals surface area contributed by atoms with Crippen LogP contribution in [-0.2, 0) is 6.54 Å². The zero-order valence-corrected chi connectivity index (χ0v) is 12.9. The van der Waals surface area contributed by atoms with Crippen LogP contribution in [0.1, 0.15) is 19.7 Å². The van der Waals surface area contributed by atoms with Gasteiger partial charge in [-0.15, -0.1) is 5.10 Å². The molecule has 19 heavy (non-hydrogen) atoms. The number of nitrogens with zero attached hydrogens (tertiary/aromatic N) is 2. The highest BCUT2D eigenvalue weighted by atomic mass is 79.9. The SMILES string of the molecule is CC(C)NCc1nnc(Nc2ccc(Cl)c(Br)c2)o1. The molecular formula is C12H14BrClN4O. The smallest absolute Gasteiger partial charge is 0.320 e. The average Bonchev–Trinajstić information content (AvgIpc) is 2.79. The normalized spacial score (nSPS) is 11.0. The standard InChI is InChI=1S/C12H14BrClN4O/c1-7(2)15-6-11-17-18-12(19-11)16-8-3-4-10(14)9(13)5-8/h3-5,7,15H,6H2,1-2H3,(H,16,18). The van der Waals surface area contributed by atoms with Crippen LogP contribution in [0.15, 0.2) is 27.1 Å². The number of rotatable bonds is 5. The Balaban J connectivity index is 2.01. The summed E-state index contributed by atoms with van der Waals surface area (Å²) in [4.78, 5) is 0. The Morgan fingerprint density at radius 3 is 2.84 bits per heavy atom. The second-order valence-corrected chi connectivity index (χ2v) is 5.55. The van der Waals surface area contributed by atoms with E-state index in [2.05, 4.69) is 50.6 Å². The van der Waals surface area contributed by atoms with Crippen molar-refractivity contribution in [2.24, 2.45) is 0 Å². The van der Waals surface area contributed by atoms with Gasteiger partial charge >= 0.3 is 6.01 Å². The summed E-state index contributed by atoms with van der Waals surface area (Å²) in [6.45, 7) is 4.66. The first-order valence-electron chi connectivity index (χ1n) is 5.82. The van der Waals surface area contributed by atoms with Crippen molar-refractivity contribution in [1.29, 1.82) is 0 Å². The number of anilines is 2. The van der Waals surface area contributed by atoms with E-state index in [1.165, 1.54) is 0 Å². The van der Waals surface area contributed by atoms with Crippen LogP contribution in [0, 0.1) is 0 Å². The van der Waals surface area contributed by atoms with Gasteiger partial charge in [-0.2, -0.15) is 0 Å². The van der Waals surface area contributed by atoms with Gasteiger partial charge in [0, 0.05) is 16.2 Å². The van der Waals surface area contributed by atoms with Crippen molar-refractivity contribution >= 4 is 39.2 Å². The van der Waals surface area contributed by atoms with Crippen LogP contribution in [-0.4, -0.2) is 16.2 Å². The molecule has 0 radical (unpaired) electrons. The maximum absolute atomic E-state index is 5.92. The zero-order chi connectivity index (χ0) is 13.8. The predicted octanol–water partition coefficient (Wildman–Crippen LogP) is 3.73. The van der Waals surface area contributed by atoms with E-state index >= 15 is 0 Å². The molecule has 0 aliphatic carbocycles. The number of aromatic nitrogens is 2. The predicted molar refractivity (Wildman–Crippen MR) is 78.7 cm³/mol. The summed E-state index contributed by atoms with van der Waals surface area (Å²) in [6, 6.07) is 6.19. The summed E-state index contributed by atoms with van der Waals surface area (Å²) < 4.78 is 6.27. The first-order chi connectivity index (χ1) is 9.04. The van der Waals surface area contributed by atoms with Crippen molar-refractivity contribution in [3.05, 3.63) is 33.6 Å². The van der Waals surface area contributed by atoms with Gasteiger partial charge in [0.2, 0.25) is 5.89 Å². The van der Waals surface area contributed by atoms with Gasteiger partial charge in [-0.3, -0.25) is 0 Å². The maximum Gasteiger partial charge on any atom is 0.320 e. The fourth-order valence-electron chi connectivity index (χ4n) is 1.36. The van der Waals surface area contributed by atoms with Crippen LogP contribution < -0.4 is 10.6 Å². The third-order valence-electron chi connectivity index (χ3n) is 2.30. The van der Waals surface area contributed by atoms with Crippen LogP contribution in [0.4, 0.5) is 11.7 Å². The largest absolute Gasteiger partial charge is 0.406 e. The molecule has 0 fully saturated rings. The van der Waals surface area contributed by atoms with E-state index in [0.717, 1.165) is 10.2 Å². The number of halogens is 2. The Hall–Kier alpha value is -1.11. The van der Waals surface area contributed by atoms with Crippen LogP contribution in [0.25, 0.3) is 0 Å². The molecule has 0 spiro atoms. The molecule has 0 atom stereocenters. The van der Waals surface area contributed by atoms with Gasteiger partial charge in [-0.1, -0.05) is 30.5 Å². The average molecular weight is 346 g/mol. The van der Waals surface area contributed by atoms with E-state index < -0.39 is 0 Å². The molecule has 0 aliphatic rings. The molecule has 1 aromatic carbocycles. The first-order valence-corrected chi connectivity index (χ1v) is 6.99. The minimum atomic E-state index is 0.356. The highest BCUT2D eigenvalue weighted by Crippen LogP contribution is 2.27. The van der Waals surface area contributed by atoms with Gasteiger partial charge in [0.05, 0.1) is 11.6 Å². The van der Waals surface area contributed by atoms with Crippen molar-refractivity contribution in [3.8, 4) is 0 Å². The molecule has 0 saturated carbocycles. The van der Waals surface area contributed by atoms with E-state index in [-0.39, 0.29) is 0 Å². The van der Waals surface area contributed by atoms with E-state index in [4.69, 9.17) is 16.0 Å². The Morgan fingerprint density at radius 1 is 1.37 bits per heavy atom. The van der Waals surface area contributed by atoms with Gasteiger partial charge < -0.3 is 15.1 Å². The lowest BCUT2D eigenvalue weighted by Crippen LogP contribution is -2.21. The summed E-state index contributed by atoms with van der Waals surface area (Å²) >= 11 is 9.28. The number of benzene rings is 1. The zero-order valence-electron chi connectivity index (χ0n) is 10.6. The molecule has 2 rings (SSSR count). The van der Waals surface area contributed by atoms with Crippen molar-refractivity contribution in [2.75, 3.05) is 5.32 Å². The van der Waals surface area contributed by atoms with E-state index in [0.29, 0.717) is 29.5 Å². The number of nitrogens with one attached hydrogen (secondary N) is 2. The molecule has 0 amide bonds. The Morgan fingerprint density at radius 2 is 2.16 bits per heavy atom.